The maximum Gasteiger partial charge on any atom is 0.223 e. The highest BCUT2D eigenvalue weighted by molar-refractivity contribution is 5.30. The fourth-order valence-electron chi connectivity index (χ4n) is 2.84. The van der Waals surface area contributed by atoms with E-state index in [0.29, 0.717) is 30.4 Å². The third-order valence-corrected chi connectivity index (χ3v) is 4.16. The minimum Gasteiger partial charge on any atom is -0.503 e. The van der Waals surface area contributed by atoms with Gasteiger partial charge in [-0.15, -0.1) is 0 Å². The van der Waals surface area contributed by atoms with Crippen LogP contribution in [0.15, 0.2) is 10.9 Å². The van der Waals surface area contributed by atoms with E-state index in [4.69, 9.17) is 0 Å². The van der Waals surface area contributed by atoms with Gasteiger partial charge in [0.05, 0.1) is 12.3 Å². The summed E-state index contributed by atoms with van der Waals surface area (Å²) in [5, 5.41) is 19.8. The van der Waals surface area contributed by atoms with Gasteiger partial charge in [-0.3, -0.25) is 9.69 Å². The molecule has 1 aliphatic rings. The van der Waals surface area contributed by atoms with Crippen LogP contribution in [0.1, 0.15) is 25.2 Å². The maximum atomic E-state index is 12.0. The molecule has 6 nitrogen and oxygen atoms in total. The van der Waals surface area contributed by atoms with Gasteiger partial charge in [0.1, 0.15) is 0 Å². The molecule has 0 amide bonds. The summed E-state index contributed by atoms with van der Waals surface area (Å²) in [6, 6.07) is 1.34. The third-order valence-electron chi connectivity index (χ3n) is 4.16. The SMILES string of the molecule is CC(C)Cn1c(CO)cc(=O)c(O)c1CN1CCN(C)CC1. The molecule has 6 heteroatoms. The number of pyridine rings is 1. The van der Waals surface area contributed by atoms with Gasteiger partial charge in [-0.05, 0) is 13.0 Å². The molecule has 1 fully saturated rings. The van der Waals surface area contributed by atoms with E-state index < -0.39 is 5.43 Å². The van der Waals surface area contributed by atoms with Crippen LogP contribution in [-0.4, -0.2) is 57.8 Å². The van der Waals surface area contributed by atoms with E-state index in [2.05, 4.69) is 30.7 Å². The summed E-state index contributed by atoms with van der Waals surface area (Å²) in [5.74, 6) is 0.176. The monoisotopic (exact) mass is 309 g/mol. The summed E-state index contributed by atoms with van der Waals surface area (Å²) in [6.45, 7) is 8.96. The van der Waals surface area contributed by atoms with E-state index in [1.165, 1.54) is 6.07 Å². The van der Waals surface area contributed by atoms with Crippen molar-refractivity contribution in [3.8, 4) is 5.75 Å². The zero-order valence-electron chi connectivity index (χ0n) is 13.7. The number of nitrogens with zero attached hydrogens (tertiary/aromatic N) is 3. The second-order valence-corrected chi connectivity index (χ2v) is 6.54. The first-order valence-corrected chi connectivity index (χ1v) is 7.88. The summed E-state index contributed by atoms with van der Waals surface area (Å²) in [6.07, 6.45) is 0. The Kier molecular flexibility index (Phi) is 5.61. The number of aromatic nitrogens is 1. The van der Waals surface area contributed by atoms with Crippen LogP contribution in [0, 0.1) is 5.92 Å². The molecule has 1 aromatic rings. The fourth-order valence-corrected chi connectivity index (χ4v) is 2.84. The van der Waals surface area contributed by atoms with Crippen LogP contribution in [0.2, 0.25) is 0 Å². The number of aromatic hydroxyl groups is 1. The first kappa shape index (κ1) is 17.0. The van der Waals surface area contributed by atoms with Crippen molar-refractivity contribution >= 4 is 0 Å². The predicted octanol–water partition coefficient (Wildman–Crippen LogP) is 0.450. The number of piperazine rings is 1. The summed E-state index contributed by atoms with van der Waals surface area (Å²) < 4.78 is 1.90. The first-order chi connectivity index (χ1) is 10.4. The third kappa shape index (κ3) is 3.88. The minimum atomic E-state index is -0.409. The standard InChI is InChI=1S/C16H27N3O3/c1-12(2)9-19-13(11-20)8-15(21)16(22)14(19)10-18-6-4-17(3)5-7-18/h8,12,20,22H,4-7,9-11H2,1-3H3. The van der Waals surface area contributed by atoms with Crippen molar-refractivity contribution in [1.82, 2.24) is 14.4 Å². The quantitative estimate of drug-likeness (QED) is 0.826. The first-order valence-electron chi connectivity index (χ1n) is 7.88. The van der Waals surface area contributed by atoms with Gasteiger partial charge in [-0.25, -0.2) is 0 Å². The smallest absolute Gasteiger partial charge is 0.223 e. The largest absolute Gasteiger partial charge is 0.503 e. The lowest BCUT2D eigenvalue weighted by molar-refractivity contribution is 0.143. The van der Waals surface area contributed by atoms with Crippen molar-refractivity contribution in [2.75, 3.05) is 33.2 Å². The molecule has 0 radical (unpaired) electrons. The lowest BCUT2D eigenvalue weighted by Gasteiger charge is -2.33. The summed E-state index contributed by atoms with van der Waals surface area (Å²) >= 11 is 0. The van der Waals surface area contributed by atoms with Crippen LogP contribution in [0.5, 0.6) is 5.75 Å². The molecule has 0 aromatic carbocycles. The van der Waals surface area contributed by atoms with E-state index in [1.807, 2.05) is 4.57 Å². The van der Waals surface area contributed by atoms with E-state index in [9.17, 15) is 15.0 Å². The second-order valence-electron chi connectivity index (χ2n) is 6.54. The van der Waals surface area contributed by atoms with E-state index >= 15 is 0 Å². The molecule has 0 unspecified atom stereocenters. The molecule has 2 heterocycles. The number of rotatable bonds is 5. The Morgan fingerprint density at radius 1 is 1.23 bits per heavy atom. The molecule has 0 aliphatic carbocycles. The molecular weight excluding hydrogens is 282 g/mol. The molecular formula is C16H27N3O3. The van der Waals surface area contributed by atoms with Crippen molar-refractivity contribution in [3.63, 3.8) is 0 Å². The Hall–Kier alpha value is -1.37. The Balaban J connectivity index is 2.34. The van der Waals surface area contributed by atoms with Crippen LogP contribution in [-0.2, 0) is 19.7 Å². The van der Waals surface area contributed by atoms with Gasteiger partial charge in [0.25, 0.3) is 0 Å². The van der Waals surface area contributed by atoms with E-state index in [1.54, 1.807) is 0 Å². The Bertz CT molecular complexity index is 560. The van der Waals surface area contributed by atoms with Crippen LogP contribution in [0.3, 0.4) is 0 Å². The molecule has 22 heavy (non-hydrogen) atoms. The average Bonchev–Trinajstić information content (AvgIpc) is 2.48. The zero-order chi connectivity index (χ0) is 16.3. The molecule has 0 atom stereocenters. The molecule has 0 saturated carbocycles. The highest BCUT2D eigenvalue weighted by atomic mass is 16.3. The van der Waals surface area contributed by atoms with E-state index in [-0.39, 0.29) is 12.4 Å². The second kappa shape index (κ2) is 7.26. The van der Waals surface area contributed by atoms with Crippen LogP contribution < -0.4 is 5.43 Å². The fraction of sp³-hybridized carbons (Fsp3) is 0.688. The highest BCUT2D eigenvalue weighted by Crippen LogP contribution is 2.19. The zero-order valence-corrected chi connectivity index (χ0v) is 13.7. The Morgan fingerprint density at radius 3 is 2.41 bits per heavy atom. The van der Waals surface area contributed by atoms with Crippen molar-refractivity contribution in [2.45, 2.75) is 33.5 Å². The lowest BCUT2D eigenvalue weighted by atomic mass is 10.1. The molecule has 1 saturated heterocycles. The molecule has 124 valence electrons. The van der Waals surface area contributed by atoms with Crippen LogP contribution in [0.25, 0.3) is 0 Å². The maximum absolute atomic E-state index is 12.0. The van der Waals surface area contributed by atoms with Crippen LogP contribution >= 0.6 is 0 Å². The lowest BCUT2D eigenvalue weighted by Crippen LogP contribution is -2.44. The van der Waals surface area contributed by atoms with Gasteiger partial charge in [0, 0.05) is 51.0 Å². The van der Waals surface area contributed by atoms with Gasteiger partial charge >= 0.3 is 0 Å². The Labute approximate surface area is 131 Å². The van der Waals surface area contributed by atoms with Crippen molar-refractivity contribution in [2.24, 2.45) is 5.92 Å². The average molecular weight is 309 g/mol. The Morgan fingerprint density at radius 2 is 1.86 bits per heavy atom. The van der Waals surface area contributed by atoms with Crippen molar-refractivity contribution in [1.29, 1.82) is 0 Å². The minimum absolute atomic E-state index is 0.184. The normalized spacial score (nSPS) is 17.3. The van der Waals surface area contributed by atoms with Gasteiger partial charge in [0.2, 0.25) is 5.43 Å². The number of hydrogen-bond acceptors (Lipinski definition) is 5. The number of hydrogen-bond donors (Lipinski definition) is 2. The molecule has 2 rings (SSSR count). The summed E-state index contributed by atoms with van der Waals surface area (Å²) in [4.78, 5) is 16.5. The molecule has 0 bridgehead atoms. The molecule has 1 aliphatic heterocycles. The van der Waals surface area contributed by atoms with Gasteiger partial charge in [-0.2, -0.15) is 0 Å². The van der Waals surface area contributed by atoms with Crippen LogP contribution in [0.4, 0.5) is 0 Å². The summed E-state index contributed by atoms with van der Waals surface area (Å²) in [7, 11) is 2.09. The van der Waals surface area contributed by atoms with E-state index in [0.717, 1.165) is 26.2 Å². The highest BCUT2D eigenvalue weighted by Gasteiger charge is 2.20. The topological polar surface area (TPSA) is 68.9 Å². The molecule has 2 N–H and O–H groups in total. The molecule has 1 aromatic heterocycles. The van der Waals surface area contributed by atoms with Crippen molar-refractivity contribution in [3.05, 3.63) is 27.7 Å². The predicted molar refractivity (Wildman–Crippen MR) is 85.9 cm³/mol. The van der Waals surface area contributed by atoms with Crippen molar-refractivity contribution < 1.29 is 10.2 Å². The van der Waals surface area contributed by atoms with Gasteiger partial charge in [0.15, 0.2) is 5.75 Å². The number of aliphatic hydroxyl groups excluding tert-OH is 1. The molecule has 0 spiro atoms. The summed E-state index contributed by atoms with van der Waals surface area (Å²) in [5.41, 5.74) is 0.781. The van der Waals surface area contributed by atoms with Gasteiger partial charge < -0.3 is 19.7 Å². The number of aliphatic hydroxyl groups is 1. The van der Waals surface area contributed by atoms with Gasteiger partial charge in [-0.1, -0.05) is 13.8 Å². The number of likely N-dealkylation sites (N-methyl/N-ethyl adjacent to an activating group) is 1.